The lowest BCUT2D eigenvalue weighted by molar-refractivity contribution is -0.133. The van der Waals surface area contributed by atoms with E-state index in [1.54, 1.807) is 0 Å². The van der Waals surface area contributed by atoms with Crippen LogP contribution in [0.3, 0.4) is 0 Å². The number of carbonyl (C=O) groups is 1. The molecule has 16 heavy (non-hydrogen) atoms. The van der Waals surface area contributed by atoms with Crippen molar-refractivity contribution in [3.05, 3.63) is 0 Å². The van der Waals surface area contributed by atoms with Crippen LogP contribution in [0.2, 0.25) is 0 Å². The first-order valence-electron chi connectivity index (χ1n) is 6.24. The molecule has 1 amide bonds. The highest BCUT2D eigenvalue weighted by molar-refractivity contribution is 5.85. The third-order valence-corrected chi connectivity index (χ3v) is 3.90. The second-order valence-electron chi connectivity index (χ2n) is 5.01. The molecule has 1 saturated heterocycles. The summed E-state index contributed by atoms with van der Waals surface area (Å²) in [4.78, 5) is 13.9. The van der Waals surface area contributed by atoms with Gasteiger partial charge in [-0.2, -0.15) is 0 Å². The molecule has 0 aromatic rings. The zero-order valence-corrected chi connectivity index (χ0v) is 10.9. The van der Waals surface area contributed by atoms with Crippen molar-refractivity contribution in [2.45, 2.75) is 44.6 Å². The van der Waals surface area contributed by atoms with Gasteiger partial charge in [-0.15, -0.1) is 12.4 Å². The minimum absolute atomic E-state index is 0. The molecule has 1 saturated carbocycles. The lowest BCUT2D eigenvalue weighted by Crippen LogP contribution is -2.47. The van der Waals surface area contributed by atoms with E-state index in [9.17, 15) is 4.79 Å². The Balaban J connectivity index is 0.00000128. The highest BCUT2D eigenvalue weighted by Gasteiger charge is 2.26. The zero-order valence-electron chi connectivity index (χ0n) is 10.1. The fourth-order valence-corrected chi connectivity index (χ4v) is 2.46. The Labute approximate surface area is 104 Å². The van der Waals surface area contributed by atoms with E-state index >= 15 is 0 Å². The monoisotopic (exact) mass is 246 g/mol. The number of hydrogen-bond donors (Lipinski definition) is 1. The van der Waals surface area contributed by atoms with Crippen LogP contribution < -0.4 is 5.32 Å². The van der Waals surface area contributed by atoms with Gasteiger partial charge in [-0.25, -0.2) is 0 Å². The molecule has 2 aliphatic rings. The summed E-state index contributed by atoms with van der Waals surface area (Å²) in [5.41, 5.74) is 0. The van der Waals surface area contributed by atoms with Crippen LogP contribution in [0.25, 0.3) is 0 Å². The molecule has 0 aromatic carbocycles. The summed E-state index contributed by atoms with van der Waals surface area (Å²) in [5, 5.41) is 3.36. The molecule has 4 heteroatoms. The van der Waals surface area contributed by atoms with Crippen LogP contribution in [0.15, 0.2) is 0 Å². The first kappa shape index (κ1) is 13.8. The van der Waals surface area contributed by atoms with Gasteiger partial charge in [0.25, 0.3) is 0 Å². The summed E-state index contributed by atoms with van der Waals surface area (Å²) in [6, 6.07) is 0.436. The van der Waals surface area contributed by atoms with E-state index in [4.69, 9.17) is 0 Å². The van der Waals surface area contributed by atoms with Crippen molar-refractivity contribution in [2.24, 2.45) is 5.92 Å². The number of carbonyl (C=O) groups excluding carboxylic acids is 1. The summed E-state index contributed by atoms with van der Waals surface area (Å²) in [6.45, 7) is 2.09. The second kappa shape index (κ2) is 6.45. The largest absolute Gasteiger partial charge is 0.341 e. The van der Waals surface area contributed by atoms with E-state index in [-0.39, 0.29) is 12.4 Å². The van der Waals surface area contributed by atoms with E-state index in [2.05, 4.69) is 5.32 Å². The van der Waals surface area contributed by atoms with Crippen LogP contribution in [0.1, 0.15) is 38.5 Å². The number of halogens is 1. The van der Waals surface area contributed by atoms with Crippen LogP contribution in [0.4, 0.5) is 0 Å². The van der Waals surface area contributed by atoms with Gasteiger partial charge in [-0.05, 0) is 38.1 Å². The van der Waals surface area contributed by atoms with Crippen molar-refractivity contribution in [2.75, 3.05) is 20.1 Å². The van der Waals surface area contributed by atoms with Gasteiger partial charge in [0.1, 0.15) is 0 Å². The van der Waals surface area contributed by atoms with Crippen LogP contribution in [0, 0.1) is 5.92 Å². The smallest absolute Gasteiger partial charge is 0.222 e. The molecule has 2 fully saturated rings. The second-order valence-corrected chi connectivity index (χ2v) is 5.01. The molecule has 1 heterocycles. The fraction of sp³-hybridized carbons (Fsp3) is 0.917. The molecule has 0 spiro atoms. The lowest BCUT2D eigenvalue weighted by atomic mass is 9.82. The highest BCUT2D eigenvalue weighted by atomic mass is 35.5. The molecule has 2 rings (SSSR count). The van der Waals surface area contributed by atoms with Crippen molar-refractivity contribution >= 4 is 18.3 Å². The van der Waals surface area contributed by atoms with Crippen LogP contribution in [0.5, 0.6) is 0 Å². The summed E-state index contributed by atoms with van der Waals surface area (Å²) in [7, 11) is 1.97. The number of rotatable bonds is 3. The molecule has 1 aliphatic carbocycles. The van der Waals surface area contributed by atoms with Gasteiger partial charge >= 0.3 is 0 Å². The molecule has 1 aliphatic heterocycles. The Kier molecular flexibility index (Phi) is 5.56. The number of likely N-dealkylation sites (N-methyl/N-ethyl adjacent to an activating group) is 1. The van der Waals surface area contributed by atoms with E-state index in [0.29, 0.717) is 17.9 Å². The first-order valence-corrected chi connectivity index (χ1v) is 6.24. The predicted molar refractivity (Wildman–Crippen MR) is 67.9 cm³/mol. The number of piperidine rings is 1. The maximum Gasteiger partial charge on any atom is 0.222 e. The third kappa shape index (κ3) is 3.36. The Bertz CT molecular complexity index is 225. The van der Waals surface area contributed by atoms with Gasteiger partial charge in [-0.1, -0.05) is 6.42 Å². The maximum absolute atomic E-state index is 11.9. The maximum atomic E-state index is 11.9. The molecular formula is C12H23ClN2O. The van der Waals surface area contributed by atoms with Crippen molar-refractivity contribution in [3.63, 3.8) is 0 Å². The normalized spacial score (nSPS) is 25.4. The fourth-order valence-electron chi connectivity index (χ4n) is 2.46. The first-order chi connectivity index (χ1) is 7.27. The quantitative estimate of drug-likeness (QED) is 0.824. The molecule has 0 bridgehead atoms. The minimum atomic E-state index is 0. The van der Waals surface area contributed by atoms with Crippen LogP contribution >= 0.6 is 12.4 Å². The van der Waals surface area contributed by atoms with Crippen molar-refractivity contribution in [3.8, 4) is 0 Å². The lowest BCUT2D eigenvalue weighted by Gasteiger charge is -2.34. The predicted octanol–water partition coefficient (Wildman–Crippen LogP) is 1.81. The topological polar surface area (TPSA) is 32.3 Å². The minimum Gasteiger partial charge on any atom is -0.341 e. The number of nitrogens with one attached hydrogen (secondary N) is 1. The summed E-state index contributed by atoms with van der Waals surface area (Å²) >= 11 is 0. The van der Waals surface area contributed by atoms with Gasteiger partial charge in [-0.3, -0.25) is 4.79 Å². The molecule has 3 nitrogen and oxygen atoms in total. The number of hydrogen-bond acceptors (Lipinski definition) is 2. The molecule has 1 N–H and O–H groups in total. The number of nitrogens with zero attached hydrogens (tertiary/aromatic N) is 1. The molecule has 0 aromatic heterocycles. The van der Waals surface area contributed by atoms with E-state index in [1.807, 2.05) is 11.9 Å². The van der Waals surface area contributed by atoms with E-state index in [0.717, 1.165) is 19.5 Å². The van der Waals surface area contributed by atoms with Crippen molar-refractivity contribution in [1.82, 2.24) is 10.2 Å². The van der Waals surface area contributed by atoms with Gasteiger partial charge in [0, 0.05) is 26.1 Å². The van der Waals surface area contributed by atoms with Gasteiger partial charge in [0.05, 0.1) is 0 Å². The van der Waals surface area contributed by atoms with Crippen LogP contribution in [-0.4, -0.2) is 37.0 Å². The van der Waals surface area contributed by atoms with E-state index < -0.39 is 0 Å². The molecule has 0 radical (unpaired) electrons. The average molecular weight is 247 g/mol. The Morgan fingerprint density at radius 1 is 1.31 bits per heavy atom. The van der Waals surface area contributed by atoms with E-state index in [1.165, 1.54) is 32.1 Å². The summed E-state index contributed by atoms with van der Waals surface area (Å²) in [6.07, 6.45) is 7.01. The third-order valence-electron chi connectivity index (χ3n) is 3.90. The van der Waals surface area contributed by atoms with Crippen molar-refractivity contribution in [1.29, 1.82) is 0 Å². The molecule has 1 atom stereocenters. The average Bonchev–Trinajstić information content (AvgIpc) is 2.23. The number of amides is 1. The zero-order chi connectivity index (χ0) is 10.7. The summed E-state index contributed by atoms with van der Waals surface area (Å²) < 4.78 is 0. The standard InChI is InChI=1S/C12H22N2O.ClH/c1-14(11-6-3-7-13-9-11)12(15)8-10-4-2-5-10;/h10-11,13H,2-9H2,1H3;1H/t11-;/m0./s1. The molecule has 94 valence electrons. The van der Waals surface area contributed by atoms with Gasteiger partial charge in [0.2, 0.25) is 5.91 Å². The van der Waals surface area contributed by atoms with Crippen molar-refractivity contribution < 1.29 is 4.79 Å². The Hall–Kier alpha value is -0.280. The summed E-state index contributed by atoms with van der Waals surface area (Å²) in [5.74, 6) is 1.05. The van der Waals surface area contributed by atoms with Gasteiger partial charge < -0.3 is 10.2 Å². The molecule has 0 unspecified atom stereocenters. The Morgan fingerprint density at radius 2 is 2.06 bits per heavy atom. The molecular weight excluding hydrogens is 224 g/mol. The highest BCUT2D eigenvalue weighted by Crippen LogP contribution is 2.30. The van der Waals surface area contributed by atoms with Gasteiger partial charge in [0.15, 0.2) is 0 Å². The Morgan fingerprint density at radius 3 is 2.56 bits per heavy atom. The van der Waals surface area contributed by atoms with Crippen LogP contribution in [-0.2, 0) is 4.79 Å². The SMILES string of the molecule is CN(C(=O)CC1CCC1)[C@H]1CCCNC1.Cl.